The smallest absolute Gasteiger partial charge is 0.222 e. The fourth-order valence-electron chi connectivity index (χ4n) is 1.60. The lowest BCUT2D eigenvalue weighted by Gasteiger charge is -2.15. The number of nitrogens with one attached hydrogen (secondary N) is 2. The lowest BCUT2D eigenvalue weighted by atomic mass is 10.1. The van der Waals surface area contributed by atoms with Gasteiger partial charge in [-0.2, -0.15) is 11.3 Å². The van der Waals surface area contributed by atoms with E-state index in [-0.39, 0.29) is 18.0 Å². The highest BCUT2D eigenvalue weighted by Gasteiger charge is 2.12. The topological polar surface area (TPSA) is 41.1 Å². The molecule has 0 aliphatic carbocycles. The quantitative estimate of drug-likeness (QED) is 0.801. The molecule has 2 atom stereocenters. The summed E-state index contributed by atoms with van der Waals surface area (Å²) in [6.45, 7) is 6.98. The van der Waals surface area contributed by atoms with Gasteiger partial charge in [-0.3, -0.25) is 4.79 Å². The molecule has 3 nitrogen and oxygen atoms in total. The molecule has 0 saturated carbocycles. The van der Waals surface area contributed by atoms with Crippen molar-refractivity contribution in [1.29, 1.82) is 0 Å². The van der Waals surface area contributed by atoms with E-state index >= 15 is 0 Å². The molecular weight excluding hydrogens is 220 g/mol. The van der Waals surface area contributed by atoms with Gasteiger partial charge in [0.15, 0.2) is 0 Å². The molecule has 16 heavy (non-hydrogen) atoms. The third kappa shape index (κ3) is 4.33. The molecule has 0 spiro atoms. The Balaban J connectivity index is 2.34. The van der Waals surface area contributed by atoms with Crippen LogP contribution in [0.1, 0.15) is 38.8 Å². The van der Waals surface area contributed by atoms with Crippen LogP contribution in [0.15, 0.2) is 16.8 Å². The summed E-state index contributed by atoms with van der Waals surface area (Å²) < 4.78 is 0. The van der Waals surface area contributed by atoms with Crippen LogP contribution < -0.4 is 10.6 Å². The van der Waals surface area contributed by atoms with Gasteiger partial charge in [0.2, 0.25) is 5.91 Å². The van der Waals surface area contributed by atoms with Crippen LogP contribution in [0.4, 0.5) is 0 Å². The number of hydrogen-bond acceptors (Lipinski definition) is 3. The molecule has 1 aromatic rings. The first-order valence-corrected chi connectivity index (χ1v) is 6.62. The third-order valence-electron chi connectivity index (χ3n) is 2.46. The van der Waals surface area contributed by atoms with Crippen molar-refractivity contribution < 1.29 is 4.79 Å². The minimum absolute atomic E-state index is 0.104. The average molecular weight is 240 g/mol. The van der Waals surface area contributed by atoms with Gasteiger partial charge in [-0.25, -0.2) is 0 Å². The largest absolute Gasteiger partial charge is 0.350 e. The summed E-state index contributed by atoms with van der Waals surface area (Å²) in [7, 11) is 0. The minimum atomic E-state index is 0.104. The SMILES string of the molecule is CCNC(C)CC(=O)NC(C)c1ccsc1. The van der Waals surface area contributed by atoms with Crippen molar-refractivity contribution in [2.75, 3.05) is 6.54 Å². The van der Waals surface area contributed by atoms with E-state index in [1.807, 2.05) is 32.2 Å². The van der Waals surface area contributed by atoms with Gasteiger partial charge in [-0.15, -0.1) is 0 Å². The van der Waals surface area contributed by atoms with Crippen molar-refractivity contribution in [3.05, 3.63) is 22.4 Å². The summed E-state index contributed by atoms with van der Waals surface area (Å²) >= 11 is 1.65. The maximum Gasteiger partial charge on any atom is 0.222 e. The van der Waals surface area contributed by atoms with Crippen LogP contribution in [0.25, 0.3) is 0 Å². The van der Waals surface area contributed by atoms with Crippen LogP contribution >= 0.6 is 11.3 Å². The fourth-order valence-corrected chi connectivity index (χ4v) is 2.36. The number of carbonyl (C=O) groups is 1. The van der Waals surface area contributed by atoms with Crippen molar-refractivity contribution in [2.24, 2.45) is 0 Å². The molecule has 1 amide bonds. The van der Waals surface area contributed by atoms with E-state index in [0.29, 0.717) is 6.42 Å². The van der Waals surface area contributed by atoms with E-state index in [2.05, 4.69) is 16.0 Å². The molecule has 0 aliphatic rings. The molecule has 0 radical (unpaired) electrons. The van der Waals surface area contributed by atoms with E-state index < -0.39 is 0 Å². The Morgan fingerprint density at radius 2 is 2.25 bits per heavy atom. The highest BCUT2D eigenvalue weighted by atomic mass is 32.1. The maximum absolute atomic E-state index is 11.7. The standard InChI is InChI=1S/C12H20N2OS/c1-4-13-9(2)7-12(15)14-10(3)11-5-6-16-8-11/h5-6,8-10,13H,4,7H2,1-3H3,(H,14,15). The Labute approximate surface area is 101 Å². The molecule has 4 heteroatoms. The second-order valence-corrected chi connectivity index (χ2v) is 4.79. The molecule has 0 saturated heterocycles. The van der Waals surface area contributed by atoms with Crippen molar-refractivity contribution in [1.82, 2.24) is 10.6 Å². The summed E-state index contributed by atoms with van der Waals surface area (Å²) in [6.07, 6.45) is 0.530. The molecular formula is C12H20N2OS. The first-order chi connectivity index (χ1) is 7.63. The monoisotopic (exact) mass is 240 g/mol. The van der Waals surface area contributed by atoms with Gasteiger partial charge in [0, 0.05) is 12.5 Å². The van der Waals surface area contributed by atoms with Crippen LogP contribution in [-0.2, 0) is 4.79 Å². The van der Waals surface area contributed by atoms with Crippen LogP contribution in [-0.4, -0.2) is 18.5 Å². The number of carbonyl (C=O) groups excluding carboxylic acids is 1. The highest BCUT2D eigenvalue weighted by molar-refractivity contribution is 7.07. The number of thiophene rings is 1. The zero-order chi connectivity index (χ0) is 12.0. The minimum Gasteiger partial charge on any atom is -0.350 e. The van der Waals surface area contributed by atoms with Crippen molar-refractivity contribution >= 4 is 17.2 Å². The summed E-state index contributed by atoms with van der Waals surface area (Å²) in [6, 6.07) is 2.39. The van der Waals surface area contributed by atoms with Crippen molar-refractivity contribution in [3.63, 3.8) is 0 Å². The van der Waals surface area contributed by atoms with Crippen LogP contribution in [0.2, 0.25) is 0 Å². The van der Waals surface area contributed by atoms with Crippen LogP contribution in [0.5, 0.6) is 0 Å². The maximum atomic E-state index is 11.7. The lowest BCUT2D eigenvalue weighted by molar-refractivity contribution is -0.122. The molecule has 2 unspecified atom stereocenters. The number of amides is 1. The highest BCUT2D eigenvalue weighted by Crippen LogP contribution is 2.15. The van der Waals surface area contributed by atoms with Crippen molar-refractivity contribution in [2.45, 2.75) is 39.3 Å². The first-order valence-electron chi connectivity index (χ1n) is 5.68. The van der Waals surface area contributed by atoms with Gasteiger partial charge in [0.1, 0.15) is 0 Å². The first kappa shape index (κ1) is 13.2. The summed E-state index contributed by atoms with van der Waals surface area (Å²) in [5.41, 5.74) is 1.18. The lowest BCUT2D eigenvalue weighted by Crippen LogP contribution is -2.34. The summed E-state index contributed by atoms with van der Waals surface area (Å²) in [5.74, 6) is 0.104. The van der Waals surface area contributed by atoms with E-state index in [1.54, 1.807) is 11.3 Å². The Bertz CT molecular complexity index is 311. The Kier molecular flexibility index (Phi) is 5.49. The second kappa shape index (κ2) is 6.66. The van der Waals surface area contributed by atoms with E-state index in [9.17, 15) is 4.79 Å². The molecule has 2 N–H and O–H groups in total. The number of rotatable bonds is 6. The summed E-state index contributed by atoms with van der Waals surface area (Å²) in [5, 5.41) is 10.3. The molecule has 1 rings (SSSR count). The van der Waals surface area contributed by atoms with E-state index in [1.165, 1.54) is 5.56 Å². The van der Waals surface area contributed by atoms with Crippen LogP contribution in [0.3, 0.4) is 0 Å². The Morgan fingerprint density at radius 3 is 2.81 bits per heavy atom. The zero-order valence-corrected chi connectivity index (χ0v) is 10.9. The molecule has 90 valence electrons. The Morgan fingerprint density at radius 1 is 1.50 bits per heavy atom. The molecule has 0 aliphatic heterocycles. The van der Waals surface area contributed by atoms with Gasteiger partial charge in [-0.1, -0.05) is 6.92 Å². The van der Waals surface area contributed by atoms with Gasteiger partial charge in [0.05, 0.1) is 6.04 Å². The van der Waals surface area contributed by atoms with Gasteiger partial charge in [0.25, 0.3) is 0 Å². The summed E-state index contributed by atoms with van der Waals surface area (Å²) in [4.78, 5) is 11.7. The van der Waals surface area contributed by atoms with Crippen molar-refractivity contribution in [3.8, 4) is 0 Å². The predicted molar refractivity (Wildman–Crippen MR) is 68.6 cm³/mol. The van der Waals surface area contributed by atoms with Gasteiger partial charge < -0.3 is 10.6 Å². The Hall–Kier alpha value is -0.870. The molecule has 0 aromatic carbocycles. The van der Waals surface area contributed by atoms with E-state index in [4.69, 9.17) is 0 Å². The predicted octanol–water partition coefficient (Wildman–Crippen LogP) is 2.31. The van der Waals surface area contributed by atoms with Gasteiger partial charge >= 0.3 is 0 Å². The third-order valence-corrected chi connectivity index (χ3v) is 3.17. The molecule has 1 heterocycles. The zero-order valence-electron chi connectivity index (χ0n) is 10.1. The second-order valence-electron chi connectivity index (χ2n) is 4.01. The van der Waals surface area contributed by atoms with E-state index in [0.717, 1.165) is 6.54 Å². The number of hydrogen-bond donors (Lipinski definition) is 2. The van der Waals surface area contributed by atoms with Gasteiger partial charge in [-0.05, 0) is 42.8 Å². The fraction of sp³-hybridized carbons (Fsp3) is 0.583. The normalized spacial score (nSPS) is 14.4. The molecule has 0 bridgehead atoms. The average Bonchev–Trinajstić information content (AvgIpc) is 2.69. The molecule has 0 fully saturated rings. The molecule has 1 aromatic heterocycles. The van der Waals surface area contributed by atoms with Crippen LogP contribution in [0, 0.1) is 0 Å².